The molecule has 13 heteroatoms. The molecule has 2 aromatic carbocycles. The molecule has 0 radical (unpaired) electrons. The molecule has 7 rings (SSSR count). The first-order valence-corrected chi connectivity index (χ1v) is 15.5. The minimum atomic E-state index is -0.924. The van der Waals surface area contributed by atoms with Crippen LogP contribution >= 0.6 is 11.3 Å². The first-order chi connectivity index (χ1) is 21.2. The topological polar surface area (TPSA) is 110 Å². The average Bonchev–Trinajstić information content (AvgIpc) is 3.77. The number of hydrogen-bond donors (Lipinski definition) is 2. The van der Waals surface area contributed by atoms with Gasteiger partial charge in [0.15, 0.2) is 10.9 Å². The van der Waals surface area contributed by atoms with E-state index in [1.807, 2.05) is 0 Å². The number of ether oxygens (including phenoxy) is 1. The fourth-order valence-corrected chi connectivity index (χ4v) is 7.84. The number of likely N-dealkylation sites (tertiary alicyclic amines) is 1. The van der Waals surface area contributed by atoms with Gasteiger partial charge >= 0.3 is 6.01 Å². The Morgan fingerprint density at radius 1 is 1.25 bits per heavy atom. The van der Waals surface area contributed by atoms with Gasteiger partial charge in [-0.05, 0) is 62.6 Å². The summed E-state index contributed by atoms with van der Waals surface area (Å²) in [6.45, 7) is 7.68. The summed E-state index contributed by atoms with van der Waals surface area (Å²) in [5.41, 5.74) is 6.96. The van der Waals surface area contributed by atoms with Gasteiger partial charge in [-0.3, -0.25) is 9.69 Å². The fourth-order valence-electron chi connectivity index (χ4n) is 7.08. The van der Waals surface area contributed by atoms with E-state index in [1.54, 1.807) is 17.9 Å². The van der Waals surface area contributed by atoms with Crippen LogP contribution < -0.4 is 15.8 Å². The van der Waals surface area contributed by atoms with Crippen molar-refractivity contribution < 1.29 is 22.7 Å². The number of hydrogen-bond acceptors (Lipinski definition) is 9. The van der Waals surface area contributed by atoms with Crippen molar-refractivity contribution in [2.24, 2.45) is 0 Å². The van der Waals surface area contributed by atoms with Crippen LogP contribution in [0.15, 0.2) is 30.9 Å². The minimum absolute atomic E-state index is 0.0198. The predicted octanol–water partition coefficient (Wildman–Crippen LogP) is 5.23. The molecule has 9 nitrogen and oxygen atoms in total. The van der Waals surface area contributed by atoms with Crippen LogP contribution in [-0.4, -0.2) is 81.2 Å². The zero-order valence-corrected chi connectivity index (χ0v) is 25.0. The Bertz CT molecular complexity index is 1820. The lowest BCUT2D eigenvalue weighted by Gasteiger charge is -2.30. The number of alkyl halides is 1. The lowest BCUT2D eigenvalue weighted by Crippen LogP contribution is -2.43. The lowest BCUT2D eigenvalue weighted by molar-refractivity contribution is -0.125. The number of carbonyl (C=O) groups excluding carboxylic acids is 1. The Balaban J connectivity index is 1.32. The maximum atomic E-state index is 16.7. The SMILES string of the molecule is C=CC(=O)N1CC[C@@H](Nc2nc(OC[C@@]34CCCN3C[C@H](F)C4)nc3c(F)c(-c4ccc(F)c5sc(N)nc45)c(C)cc23)C1. The Hall–Kier alpha value is -3.97. The van der Waals surface area contributed by atoms with Crippen molar-refractivity contribution in [3.63, 3.8) is 0 Å². The number of anilines is 2. The number of aryl methyl sites for hydroxylation is 1. The van der Waals surface area contributed by atoms with E-state index in [4.69, 9.17) is 10.5 Å². The number of fused-ring (bicyclic) bond motifs is 3. The Labute approximate surface area is 255 Å². The normalized spacial score (nSPS) is 23.5. The highest BCUT2D eigenvalue weighted by Crippen LogP contribution is 2.42. The molecule has 230 valence electrons. The van der Waals surface area contributed by atoms with Gasteiger partial charge in [-0.15, -0.1) is 0 Å². The van der Waals surface area contributed by atoms with E-state index < -0.39 is 23.3 Å². The summed E-state index contributed by atoms with van der Waals surface area (Å²) in [4.78, 5) is 29.5. The van der Waals surface area contributed by atoms with Crippen LogP contribution in [-0.2, 0) is 4.79 Å². The molecule has 0 unspecified atom stereocenters. The van der Waals surface area contributed by atoms with Gasteiger partial charge in [0.05, 0.1) is 15.8 Å². The molecule has 3 aliphatic heterocycles. The number of rotatable bonds is 7. The van der Waals surface area contributed by atoms with Crippen LogP contribution in [0.1, 0.15) is 31.2 Å². The van der Waals surface area contributed by atoms with Crippen molar-refractivity contribution in [3.8, 4) is 17.1 Å². The molecule has 3 atom stereocenters. The van der Waals surface area contributed by atoms with E-state index in [9.17, 15) is 13.6 Å². The molecule has 3 N–H and O–H groups in total. The van der Waals surface area contributed by atoms with Crippen molar-refractivity contribution in [2.45, 2.75) is 50.4 Å². The van der Waals surface area contributed by atoms with E-state index in [1.165, 1.54) is 18.2 Å². The van der Waals surface area contributed by atoms with Gasteiger partial charge in [0.1, 0.15) is 29.9 Å². The summed E-state index contributed by atoms with van der Waals surface area (Å²) in [6, 6.07) is 4.39. The molecule has 2 aromatic heterocycles. The highest BCUT2D eigenvalue weighted by molar-refractivity contribution is 7.22. The molecule has 4 aromatic rings. The number of aromatic nitrogens is 3. The molecule has 0 aliphatic carbocycles. The molecular formula is C31H32F3N7O2S. The van der Waals surface area contributed by atoms with E-state index in [0.717, 1.165) is 30.7 Å². The third-order valence-corrected chi connectivity index (χ3v) is 10.0. The summed E-state index contributed by atoms with van der Waals surface area (Å²) < 4.78 is 52.1. The molecule has 0 bridgehead atoms. The summed E-state index contributed by atoms with van der Waals surface area (Å²) >= 11 is 1.00. The lowest BCUT2D eigenvalue weighted by atomic mass is 9.95. The maximum absolute atomic E-state index is 16.7. The van der Waals surface area contributed by atoms with Crippen molar-refractivity contribution in [1.82, 2.24) is 24.8 Å². The largest absolute Gasteiger partial charge is 0.461 e. The predicted molar refractivity (Wildman–Crippen MR) is 165 cm³/mol. The van der Waals surface area contributed by atoms with Crippen molar-refractivity contribution in [2.75, 3.05) is 43.8 Å². The van der Waals surface area contributed by atoms with Crippen LogP contribution in [0.4, 0.5) is 24.1 Å². The Morgan fingerprint density at radius 2 is 2.09 bits per heavy atom. The molecule has 3 aliphatic rings. The zero-order valence-electron chi connectivity index (χ0n) is 24.2. The van der Waals surface area contributed by atoms with Crippen LogP contribution in [0.5, 0.6) is 6.01 Å². The van der Waals surface area contributed by atoms with Crippen LogP contribution in [0.2, 0.25) is 0 Å². The molecular weight excluding hydrogens is 591 g/mol. The van der Waals surface area contributed by atoms with Gasteiger partial charge in [-0.1, -0.05) is 17.9 Å². The molecule has 0 spiro atoms. The Morgan fingerprint density at radius 3 is 2.91 bits per heavy atom. The number of nitrogens with two attached hydrogens (primary N) is 1. The van der Waals surface area contributed by atoms with Gasteiger partial charge in [-0.25, -0.2) is 18.2 Å². The van der Waals surface area contributed by atoms with Crippen molar-refractivity contribution in [3.05, 3.63) is 48.1 Å². The van der Waals surface area contributed by atoms with E-state index >= 15 is 4.39 Å². The quantitative estimate of drug-likeness (QED) is 0.270. The first-order valence-electron chi connectivity index (χ1n) is 14.7. The Kier molecular flexibility index (Phi) is 7.12. The first kappa shape index (κ1) is 28.8. The van der Waals surface area contributed by atoms with Gasteiger partial charge in [0, 0.05) is 48.6 Å². The number of nitrogen functional groups attached to an aromatic ring is 1. The van der Waals surface area contributed by atoms with Crippen LogP contribution in [0.3, 0.4) is 0 Å². The second-order valence-electron chi connectivity index (χ2n) is 11.9. The van der Waals surface area contributed by atoms with Crippen LogP contribution in [0.25, 0.3) is 32.2 Å². The number of amides is 1. The highest BCUT2D eigenvalue weighted by Gasteiger charge is 2.49. The second-order valence-corrected chi connectivity index (χ2v) is 13.0. The molecule has 44 heavy (non-hydrogen) atoms. The number of nitrogens with zero attached hydrogens (tertiary/aromatic N) is 5. The van der Waals surface area contributed by atoms with Gasteiger partial charge in [0.2, 0.25) is 5.91 Å². The number of nitrogens with one attached hydrogen (secondary N) is 1. The molecule has 3 fully saturated rings. The number of thiazole rings is 1. The smallest absolute Gasteiger partial charge is 0.319 e. The van der Waals surface area contributed by atoms with Gasteiger partial charge < -0.3 is 20.7 Å². The summed E-state index contributed by atoms with van der Waals surface area (Å²) in [5.74, 6) is -0.900. The monoisotopic (exact) mass is 623 g/mol. The highest BCUT2D eigenvalue weighted by atomic mass is 32.1. The van der Waals surface area contributed by atoms with E-state index in [0.29, 0.717) is 54.8 Å². The van der Waals surface area contributed by atoms with Gasteiger partial charge in [-0.2, -0.15) is 9.97 Å². The summed E-state index contributed by atoms with van der Waals surface area (Å²) in [7, 11) is 0. The van der Waals surface area contributed by atoms with E-state index in [2.05, 4.69) is 31.7 Å². The standard InChI is InChI=1S/C31H32F3N7O2S/c1-3-22(42)40-10-7-18(14-40)36-28-20-11-16(2)23(19-5-6-21(33)27-26(19)37-29(35)44-27)24(34)25(20)38-30(39-28)43-15-31-8-4-9-41(31)13-17(32)12-31/h3,5-6,11,17-18H,1,4,7-10,12-15H2,2H3,(H2,35,37)(H,36,38,39)/t17-,18-,31+/m1/s1. The summed E-state index contributed by atoms with van der Waals surface area (Å²) in [5, 5.41) is 4.01. The van der Waals surface area contributed by atoms with Crippen molar-refractivity contribution >= 4 is 49.3 Å². The number of benzene rings is 2. The van der Waals surface area contributed by atoms with Crippen LogP contribution in [0, 0.1) is 18.6 Å². The molecule has 5 heterocycles. The number of carbonyl (C=O) groups is 1. The third kappa shape index (κ3) is 4.82. The summed E-state index contributed by atoms with van der Waals surface area (Å²) in [6.07, 6.45) is 3.15. The van der Waals surface area contributed by atoms with Gasteiger partial charge in [0.25, 0.3) is 0 Å². The number of halogens is 3. The zero-order chi connectivity index (χ0) is 30.7. The minimum Gasteiger partial charge on any atom is -0.461 e. The van der Waals surface area contributed by atoms with Crippen molar-refractivity contribution in [1.29, 1.82) is 0 Å². The van der Waals surface area contributed by atoms with E-state index in [-0.39, 0.29) is 51.0 Å². The fraction of sp³-hybridized carbons (Fsp3) is 0.419. The molecule has 0 saturated carbocycles. The third-order valence-electron chi connectivity index (χ3n) is 9.14. The maximum Gasteiger partial charge on any atom is 0.319 e. The average molecular weight is 624 g/mol. The molecule has 3 saturated heterocycles. The second kappa shape index (κ2) is 10.9. The molecule has 1 amide bonds.